The van der Waals surface area contributed by atoms with Gasteiger partial charge in [-0.1, -0.05) is 116 Å². The molecule has 0 aliphatic heterocycles. The molecule has 0 bridgehead atoms. The second kappa shape index (κ2) is 21.1. The lowest BCUT2D eigenvalue weighted by Gasteiger charge is -2.31. The average molecular weight is 446 g/mol. The summed E-state index contributed by atoms with van der Waals surface area (Å²) in [5, 5.41) is 0. The third-order valence-corrected chi connectivity index (χ3v) is 6.83. The molecule has 0 aromatic carbocycles. The fourth-order valence-electron chi connectivity index (χ4n) is 4.69. The lowest BCUT2D eigenvalue weighted by atomic mass is 9.99. The first-order valence-electron chi connectivity index (χ1n) is 13.6. The van der Waals surface area contributed by atoms with Crippen LogP contribution in [0, 0.1) is 0 Å². The minimum Gasteiger partial charge on any atom is -1.00 e. The molecule has 0 saturated heterocycles. The van der Waals surface area contributed by atoms with Gasteiger partial charge >= 0.3 is 0 Å². The molecule has 1 aliphatic carbocycles. The topological polar surface area (TPSA) is 9.23 Å². The SMILES string of the molecule is CCCCCCCCCCCC[N+](C)(C)COC1CCCCCCCCCCC1.[Cl-]. The maximum atomic E-state index is 6.47. The van der Waals surface area contributed by atoms with E-state index in [4.69, 9.17) is 4.74 Å². The van der Waals surface area contributed by atoms with Crippen molar-refractivity contribution in [3.8, 4) is 0 Å². The largest absolute Gasteiger partial charge is 1.00 e. The smallest absolute Gasteiger partial charge is 0.183 e. The van der Waals surface area contributed by atoms with Gasteiger partial charge in [-0.25, -0.2) is 0 Å². The summed E-state index contributed by atoms with van der Waals surface area (Å²) in [4.78, 5) is 0. The highest BCUT2D eigenvalue weighted by Gasteiger charge is 2.18. The fourth-order valence-corrected chi connectivity index (χ4v) is 4.69. The minimum atomic E-state index is 0. The molecule has 1 saturated carbocycles. The van der Waals surface area contributed by atoms with Crippen LogP contribution in [-0.4, -0.2) is 38.0 Å². The monoisotopic (exact) mass is 445 g/mol. The highest BCUT2D eigenvalue weighted by molar-refractivity contribution is 4.61. The summed E-state index contributed by atoms with van der Waals surface area (Å²) in [6.45, 7) is 4.47. The van der Waals surface area contributed by atoms with Gasteiger partial charge in [0, 0.05) is 0 Å². The first-order valence-corrected chi connectivity index (χ1v) is 13.6. The molecule has 0 atom stereocenters. The zero-order valence-corrected chi connectivity index (χ0v) is 21.8. The standard InChI is InChI=1S/C27H56NO.ClH/c1-4-5-6-7-8-9-13-16-19-22-25-28(2,3)26-29-27-23-20-17-14-11-10-12-15-18-21-24-27;/h27H,4-26H2,1-3H3;1H/q+1;/p-1. The van der Waals surface area contributed by atoms with E-state index in [1.807, 2.05) is 0 Å². The van der Waals surface area contributed by atoms with Crippen molar-refractivity contribution >= 4 is 0 Å². The third kappa shape index (κ3) is 18.9. The van der Waals surface area contributed by atoms with Crippen LogP contribution in [0.5, 0.6) is 0 Å². The molecule has 0 unspecified atom stereocenters. The van der Waals surface area contributed by atoms with Gasteiger partial charge in [-0.05, 0) is 25.7 Å². The summed E-state index contributed by atoms with van der Waals surface area (Å²) in [7, 11) is 4.73. The van der Waals surface area contributed by atoms with Gasteiger partial charge in [0.2, 0.25) is 0 Å². The predicted molar refractivity (Wildman–Crippen MR) is 129 cm³/mol. The number of hydrogen-bond donors (Lipinski definition) is 0. The molecule has 0 heterocycles. The van der Waals surface area contributed by atoms with E-state index in [2.05, 4.69) is 21.0 Å². The Balaban J connectivity index is 0.00000841. The molecule has 0 N–H and O–H groups in total. The van der Waals surface area contributed by atoms with Gasteiger partial charge in [0.25, 0.3) is 0 Å². The molecule has 1 aliphatic rings. The average Bonchev–Trinajstić information content (AvgIpc) is 2.69. The van der Waals surface area contributed by atoms with Crippen molar-refractivity contribution in [1.82, 2.24) is 0 Å². The van der Waals surface area contributed by atoms with Gasteiger partial charge in [-0.2, -0.15) is 0 Å². The van der Waals surface area contributed by atoms with Crippen LogP contribution in [0.2, 0.25) is 0 Å². The molecule has 182 valence electrons. The van der Waals surface area contributed by atoms with Gasteiger partial charge in [-0.3, -0.25) is 0 Å². The molecule has 1 rings (SSSR count). The van der Waals surface area contributed by atoms with Crippen LogP contribution in [0.15, 0.2) is 0 Å². The van der Waals surface area contributed by atoms with E-state index in [0.29, 0.717) is 6.10 Å². The Hall–Kier alpha value is 0.210. The van der Waals surface area contributed by atoms with Crippen molar-refractivity contribution in [3.05, 3.63) is 0 Å². The third-order valence-electron chi connectivity index (χ3n) is 6.83. The van der Waals surface area contributed by atoms with E-state index in [1.165, 1.54) is 141 Å². The zero-order chi connectivity index (χ0) is 21.0. The van der Waals surface area contributed by atoms with Crippen LogP contribution < -0.4 is 12.4 Å². The molecule has 0 radical (unpaired) electrons. The molecular formula is C27H56ClNO. The summed E-state index contributed by atoms with van der Waals surface area (Å²) in [5.74, 6) is 0. The Morgan fingerprint density at radius 2 is 1.00 bits per heavy atom. The van der Waals surface area contributed by atoms with E-state index in [1.54, 1.807) is 0 Å². The molecule has 2 nitrogen and oxygen atoms in total. The Kier molecular flexibility index (Phi) is 21.2. The molecular weight excluding hydrogens is 390 g/mol. The second-order valence-corrected chi connectivity index (χ2v) is 10.5. The van der Waals surface area contributed by atoms with Crippen LogP contribution in [-0.2, 0) is 4.74 Å². The Bertz CT molecular complexity index is 336. The van der Waals surface area contributed by atoms with Gasteiger partial charge in [-0.15, -0.1) is 0 Å². The van der Waals surface area contributed by atoms with Crippen molar-refractivity contribution in [3.63, 3.8) is 0 Å². The van der Waals surface area contributed by atoms with Crippen molar-refractivity contribution < 1.29 is 21.6 Å². The lowest BCUT2D eigenvalue weighted by Crippen LogP contribution is -3.00. The molecule has 30 heavy (non-hydrogen) atoms. The Labute approximate surface area is 196 Å². The number of rotatable bonds is 14. The fraction of sp³-hybridized carbons (Fsp3) is 1.00. The van der Waals surface area contributed by atoms with Crippen LogP contribution >= 0.6 is 0 Å². The molecule has 0 aromatic heterocycles. The van der Waals surface area contributed by atoms with Crippen LogP contribution in [0.1, 0.15) is 142 Å². The molecule has 0 amide bonds. The quantitative estimate of drug-likeness (QED) is 0.191. The summed E-state index contributed by atoms with van der Waals surface area (Å²) in [6, 6.07) is 0. The van der Waals surface area contributed by atoms with E-state index in [-0.39, 0.29) is 12.4 Å². The number of unbranched alkanes of at least 4 members (excludes halogenated alkanes) is 9. The molecule has 0 spiro atoms. The number of quaternary nitrogens is 1. The predicted octanol–water partition coefficient (Wildman–Crippen LogP) is 5.64. The van der Waals surface area contributed by atoms with Gasteiger partial charge in [0.15, 0.2) is 6.73 Å². The molecule has 0 aromatic rings. The van der Waals surface area contributed by atoms with E-state index in [9.17, 15) is 0 Å². The zero-order valence-electron chi connectivity index (χ0n) is 21.1. The number of nitrogens with zero attached hydrogens (tertiary/aromatic N) is 1. The van der Waals surface area contributed by atoms with Crippen molar-refractivity contribution in [2.75, 3.05) is 27.4 Å². The number of halogens is 1. The maximum Gasteiger partial charge on any atom is 0.183 e. The highest BCUT2D eigenvalue weighted by Crippen LogP contribution is 2.20. The van der Waals surface area contributed by atoms with Crippen LogP contribution in [0.3, 0.4) is 0 Å². The summed E-state index contributed by atoms with van der Waals surface area (Å²) in [5.41, 5.74) is 0. The normalized spacial score (nSPS) is 17.7. The molecule has 3 heteroatoms. The van der Waals surface area contributed by atoms with Gasteiger partial charge < -0.3 is 21.6 Å². The van der Waals surface area contributed by atoms with Crippen molar-refractivity contribution in [1.29, 1.82) is 0 Å². The number of hydrogen-bond acceptors (Lipinski definition) is 1. The second-order valence-electron chi connectivity index (χ2n) is 10.5. The van der Waals surface area contributed by atoms with Crippen LogP contribution in [0.4, 0.5) is 0 Å². The maximum absolute atomic E-state index is 6.47. The Morgan fingerprint density at radius 1 is 0.600 bits per heavy atom. The summed E-state index contributed by atoms with van der Waals surface area (Å²) >= 11 is 0. The van der Waals surface area contributed by atoms with Gasteiger partial charge in [0.1, 0.15) is 0 Å². The van der Waals surface area contributed by atoms with E-state index < -0.39 is 0 Å². The Morgan fingerprint density at radius 3 is 1.47 bits per heavy atom. The minimum absolute atomic E-state index is 0. The summed E-state index contributed by atoms with van der Waals surface area (Å²) < 4.78 is 7.50. The lowest BCUT2D eigenvalue weighted by molar-refractivity contribution is -0.910. The van der Waals surface area contributed by atoms with Crippen molar-refractivity contribution in [2.45, 2.75) is 148 Å². The first-order chi connectivity index (χ1) is 14.1. The summed E-state index contributed by atoms with van der Waals surface area (Å²) in [6.07, 6.45) is 30.1. The van der Waals surface area contributed by atoms with Crippen molar-refractivity contribution in [2.24, 2.45) is 0 Å². The van der Waals surface area contributed by atoms with Gasteiger partial charge in [0.05, 0.1) is 26.7 Å². The van der Waals surface area contributed by atoms with E-state index in [0.717, 1.165) is 11.2 Å². The van der Waals surface area contributed by atoms with Crippen LogP contribution in [0.25, 0.3) is 0 Å². The highest BCUT2D eigenvalue weighted by atomic mass is 35.5. The first kappa shape index (κ1) is 30.2. The number of ether oxygens (including phenoxy) is 1. The molecule has 1 fully saturated rings. The van der Waals surface area contributed by atoms with E-state index >= 15 is 0 Å².